The van der Waals surface area contributed by atoms with Gasteiger partial charge in [-0.2, -0.15) is 0 Å². The fourth-order valence-corrected chi connectivity index (χ4v) is 3.10. The summed E-state index contributed by atoms with van der Waals surface area (Å²) in [7, 11) is 0. The van der Waals surface area contributed by atoms with Crippen LogP contribution in [-0.4, -0.2) is 42.1 Å². The van der Waals surface area contributed by atoms with Crippen molar-refractivity contribution in [2.24, 2.45) is 5.92 Å². The highest BCUT2D eigenvalue weighted by molar-refractivity contribution is 5.86. The van der Waals surface area contributed by atoms with E-state index in [-0.39, 0.29) is 43.4 Å². The van der Waals surface area contributed by atoms with Crippen LogP contribution in [0.3, 0.4) is 0 Å². The Balaban J connectivity index is 2.73. The molecule has 0 spiro atoms. The fraction of sp³-hybridized carbons (Fsp3) is 0.480. The number of hydrogen-bond acceptors (Lipinski definition) is 5. The molecule has 0 radical (unpaired) electrons. The molecule has 0 saturated carbocycles. The van der Waals surface area contributed by atoms with Crippen molar-refractivity contribution in [1.82, 2.24) is 10.6 Å². The second-order valence-electron chi connectivity index (χ2n) is 7.75. The molecule has 3 N–H and O–H groups in total. The smallest absolute Gasteiger partial charge is 0.306 e. The number of amides is 2. The molecule has 0 aromatic heterocycles. The summed E-state index contributed by atoms with van der Waals surface area (Å²) in [6.07, 6.45) is 5.80. The number of aliphatic hydroxyl groups excluding tert-OH is 1. The first kappa shape index (κ1) is 27.1. The monoisotopic (exact) mass is 444 g/mol. The zero-order chi connectivity index (χ0) is 23.8. The Labute approximate surface area is 190 Å². The summed E-state index contributed by atoms with van der Waals surface area (Å²) in [6.45, 7) is 8.93. The standard InChI is InChI=1S/C25H36N2O5/c1-4-6-7-11-15-24(30)32-22(20-13-9-8-10-14-20)17-26-25(31)21(12-5-2)16-23(29)27-19(3)18-28/h4-5,8-10,13-14,19,21-22,28H,1-2,6-7,11-12,15-18H2,3H3,(H,26,31)(H,27,29)/t19-,21+,22-/m1/s1. The lowest BCUT2D eigenvalue weighted by molar-refractivity contribution is -0.150. The third-order valence-corrected chi connectivity index (χ3v) is 4.88. The maximum Gasteiger partial charge on any atom is 0.306 e. The van der Waals surface area contributed by atoms with Crippen LogP contribution in [0, 0.1) is 5.92 Å². The zero-order valence-corrected chi connectivity index (χ0v) is 18.9. The molecule has 176 valence electrons. The summed E-state index contributed by atoms with van der Waals surface area (Å²) in [5, 5.41) is 14.5. The van der Waals surface area contributed by atoms with Crippen molar-refractivity contribution >= 4 is 17.8 Å². The average molecular weight is 445 g/mol. The van der Waals surface area contributed by atoms with E-state index in [0.29, 0.717) is 19.3 Å². The molecule has 0 heterocycles. The van der Waals surface area contributed by atoms with Crippen molar-refractivity contribution < 1.29 is 24.2 Å². The predicted octanol–water partition coefficient (Wildman–Crippen LogP) is 3.21. The summed E-state index contributed by atoms with van der Waals surface area (Å²) in [5.41, 5.74) is 0.780. The minimum absolute atomic E-state index is 0.0265. The number of nitrogens with one attached hydrogen (secondary N) is 2. The average Bonchev–Trinajstić information content (AvgIpc) is 2.79. The molecule has 7 nitrogen and oxygen atoms in total. The second-order valence-corrected chi connectivity index (χ2v) is 7.75. The summed E-state index contributed by atoms with van der Waals surface area (Å²) < 4.78 is 5.65. The summed E-state index contributed by atoms with van der Waals surface area (Å²) in [4.78, 5) is 37.2. The van der Waals surface area contributed by atoms with Crippen molar-refractivity contribution in [3.05, 3.63) is 61.2 Å². The molecule has 0 fully saturated rings. The third-order valence-electron chi connectivity index (χ3n) is 4.88. The van der Waals surface area contributed by atoms with Gasteiger partial charge in [-0.05, 0) is 38.2 Å². The van der Waals surface area contributed by atoms with E-state index in [1.165, 1.54) is 0 Å². The number of rotatable bonds is 16. The lowest BCUT2D eigenvalue weighted by Gasteiger charge is -2.21. The maximum absolute atomic E-state index is 12.8. The Morgan fingerprint density at radius 3 is 2.47 bits per heavy atom. The molecule has 0 aliphatic carbocycles. The number of esters is 1. The zero-order valence-electron chi connectivity index (χ0n) is 18.9. The van der Waals surface area contributed by atoms with Gasteiger partial charge >= 0.3 is 5.97 Å². The van der Waals surface area contributed by atoms with Gasteiger partial charge in [-0.15, -0.1) is 13.2 Å². The van der Waals surface area contributed by atoms with Crippen LogP contribution in [-0.2, 0) is 19.1 Å². The Morgan fingerprint density at radius 2 is 1.84 bits per heavy atom. The van der Waals surface area contributed by atoms with Crippen LogP contribution < -0.4 is 10.6 Å². The van der Waals surface area contributed by atoms with E-state index < -0.39 is 12.0 Å². The highest BCUT2D eigenvalue weighted by Crippen LogP contribution is 2.19. The van der Waals surface area contributed by atoms with Gasteiger partial charge < -0.3 is 20.5 Å². The van der Waals surface area contributed by atoms with Crippen LogP contribution >= 0.6 is 0 Å². The molecule has 2 amide bonds. The first-order valence-electron chi connectivity index (χ1n) is 11.0. The topological polar surface area (TPSA) is 105 Å². The van der Waals surface area contributed by atoms with Crippen molar-refractivity contribution in [2.75, 3.05) is 13.2 Å². The Morgan fingerprint density at radius 1 is 1.12 bits per heavy atom. The number of carbonyl (C=O) groups excluding carboxylic acids is 3. The van der Waals surface area contributed by atoms with Gasteiger partial charge in [0.25, 0.3) is 0 Å². The summed E-state index contributed by atoms with van der Waals surface area (Å²) in [5.74, 6) is -1.57. The molecule has 0 saturated heterocycles. The molecule has 32 heavy (non-hydrogen) atoms. The van der Waals surface area contributed by atoms with Crippen molar-refractivity contribution in [2.45, 2.75) is 57.6 Å². The van der Waals surface area contributed by atoms with Gasteiger partial charge in [-0.3, -0.25) is 14.4 Å². The van der Waals surface area contributed by atoms with E-state index in [1.807, 2.05) is 36.4 Å². The molecule has 3 atom stereocenters. The third kappa shape index (κ3) is 10.9. The van der Waals surface area contributed by atoms with Crippen LogP contribution in [0.2, 0.25) is 0 Å². The quantitative estimate of drug-likeness (QED) is 0.206. The van der Waals surface area contributed by atoms with Crippen LogP contribution in [0.5, 0.6) is 0 Å². The highest BCUT2D eigenvalue weighted by Gasteiger charge is 2.24. The van der Waals surface area contributed by atoms with Crippen LogP contribution in [0.4, 0.5) is 0 Å². The second kappa shape index (κ2) is 15.8. The van der Waals surface area contributed by atoms with E-state index in [0.717, 1.165) is 18.4 Å². The summed E-state index contributed by atoms with van der Waals surface area (Å²) in [6, 6.07) is 8.84. The SMILES string of the molecule is C=CCCCCC(=O)O[C@H](CNC(=O)[C@@H](CC=C)CC(=O)N[C@H](C)CO)c1ccccc1. The molecule has 0 bridgehead atoms. The molecular weight excluding hydrogens is 408 g/mol. The van der Waals surface area contributed by atoms with Gasteiger partial charge in [0, 0.05) is 18.9 Å². The lowest BCUT2D eigenvalue weighted by Crippen LogP contribution is -2.40. The van der Waals surface area contributed by atoms with Gasteiger partial charge in [-0.25, -0.2) is 0 Å². The first-order valence-corrected chi connectivity index (χ1v) is 11.0. The van der Waals surface area contributed by atoms with E-state index in [9.17, 15) is 14.4 Å². The molecule has 1 aromatic carbocycles. The number of unbranched alkanes of at least 4 members (excludes halogenated alkanes) is 2. The van der Waals surface area contributed by atoms with E-state index >= 15 is 0 Å². The normalized spacial score (nSPS) is 13.3. The number of aliphatic hydroxyl groups is 1. The van der Waals surface area contributed by atoms with Crippen molar-refractivity contribution in [3.63, 3.8) is 0 Å². The molecule has 7 heteroatoms. The maximum atomic E-state index is 12.8. The van der Waals surface area contributed by atoms with Gasteiger partial charge in [-0.1, -0.05) is 42.5 Å². The van der Waals surface area contributed by atoms with Gasteiger partial charge in [0.15, 0.2) is 0 Å². The van der Waals surface area contributed by atoms with Gasteiger partial charge in [0.05, 0.1) is 19.1 Å². The Hall–Kier alpha value is -2.93. The number of allylic oxidation sites excluding steroid dienone is 2. The summed E-state index contributed by atoms with van der Waals surface area (Å²) >= 11 is 0. The van der Waals surface area contributed by atoms with Crippen molar-refractivity contribution in [3.8, 4) is 0 Å². The van der Waals surface area contributed by atoms with Crippen LogP contribution in [0.1, 0.15) is 57.1 Å². The number of carbonyl (C=O) groups is 3. The molecular formula is C25H36N2O5. The highest BCUT2D eigenvalue weighted by atomic mass is 16.5. The molecule has 1 rings (SSSR count). The molecule has 0 unspecified atom stereocenters. The van der Waals surface area contributed by atoms with E-state index in [2.05, 4.69) is 23.8 Å². The minimum Gasteiger partial charge on any atom is -0.456 e. The molecule has 0 aliphatic heterocycles. The van der Waals surface area contributed by atoms with E-state index in [1.54, 1.807) is 13.0 Å². The minimum atomic E-state index is -0.625. The fourth-order valence-electron chi connectivity index (χ4n) is 3.10. The van der Waals surface area contributed by atoms with Gasteiger partial charge in [0.1, 0.15) is 6.10 Å². The Kier molecular flexibility index (Phi) is 13.4. The van der Waals surface area contributed by atoms with Crippen LogP contribution in [0.25, 0.3) is 0 Å². The molecule has 0 aliphatic rings. The molecule has 1 aromatic rings. The number of hydrogen-bond donors (Lipinski definition) is 3. The number of ether oxygens (including phenoxy) is 1. The van der Waals surface area contributed by atoms with Gasteiger partial charge in [0.2, 0.25) is 11.8 Å². The Bertz CT molecular complexity index is 735. The van der Waals surface area contributed by atoms with Crippen LogP contribution in [0.15, 0.2) is 55.6 Å². The predicted molar refractivity (Wildman–Crippen MR) is 125 cm³/mol. The van der Waals surface area contributed by atoms with Crippen molar-refractivity contribution in [1.29, 1.82) is 0 Å². The first-order chi connectivity index (χ1) is 15.4. The number of benzene rings is 1. The largest absolute Gasteiger partial charge is 0.456 e. The lowest BCUT2D eigenvalue weighted by atomic mass is 9.99. The van der Waals surface area contributed by atoms with E-state index in [4.69, 9.17) is 9.84 Å².